The molecule has 21 heavy (non-hydrogen) atoms. The second-order valence-corrected chi connectivity index (χ2v) is 5.19. The summed E-state index contributed by atoms with van der Waals surface area (Å²) in [5.74, 6) is -1.39. The first kappa shape index (κ1) is 19.5. The predicted octanol–water partition coefficient (Wildman–Crippen LogP) is -0.145. The molecule has 0 spiro atoms. The smallest absolute Gasteiger partial charge is 0.317 e. The summed E-state index contributed by atoms with van der Waals surface area (Å²) in [5, 5.41) is 14.5. The van der Waals surface area contributed by atoms with E-state index in [0.717, 1.165) is 6.42 Å². The van der Waals surface area contributed by atoms with Gasteiger partial charge in [0.1, 0.15) is 0 Å². The van der Waals surface area contributed by atoms with Crippen molar-refractivity contribution in [3.63, 3.8) is 0 Å². The number of carboxylic acid groups (broad SMARTS) is 1. The van der Waals surface area contributed by atoms with Crippen LogP contribution in [0.1, 0.15) is 33.6 Å². The maximum atomic E-state index is 11.9. The Bertz CT molecular complexity index is 360. The summed E-state index contributed by atoms with van der Waals surface area (Å²) in [7, 11) is 1.84. The summed E-state index contributed by atoms with van der Waals surface area (Å²) < 4.78 is 0. The first-order valence-electron chi connectivity index (χ1n) is 7.21. The molecule has 0 aromatic rings. The second-order valence-electron chi connectivity index (χ2n) is 5.19. The number of carboxylic acids is 1. The molecule has 0 aliphatic heterocycles. The van der Waals surface area contributed by atoms with Crippen molar-refractivity contribution in [1.29, 1.82) is 0 Å². The van der Waals surface area contributed by atoms with Crippen LogP contribution in [0.3, 0.4) is 0 Å². The highest BCUT2D eigenvalue weighted by Gasteiger charge is 2.19. The zero-order chi connectivity index (χ0) is 16.4. The van der Waals surface area contributed by atoms with E-state index in [9.17, 15) is 14.4 Å². The third-order valence-electron chi connectivity index (χ3n) is 3.38. The fraction of sp³-hybridized carbons (Fsp3) is 0.786. The average Bonchev–Trinajstić information content (AvgIpc) is 2.41. The molecule has 2 atom stereocenters. The Labute approximate surface area is 126 Å². The maximum Gasteiger partial charge on any atom is 0.317 e. The lowest BCUT2D eigenvalue weighted by Crippen LogP contribution is -2.46. The van der Waals surface area contributed by atoms with Crippen molar-refractivity contribution < 1.29 is 19.5 Å². The van der Waals surface area contributed by atoms with E-state index in [1.54, 1.807) is 6.92 Å². The minimum atomic E-state index is -0.976. The van der Waals surface area contributed by atoms with Crippen LogP contribution in [0.4, 0.5) is 0 Å². The molecule has 0 radical (unpaired) electrons. The zero-order valence-electron chi connectivity index (χ0n) is 13.3. The van der Waals surface area contributed by atoms with Crippen molar-refractivity contribution in [2.45, 2.75) is 45.7 Å². The molecular weight excluding hydrogens is 274 g/mol. The van der Waals surface area contributed by atoms with E-state index >= 15 is 0 Å². The number of carbonyl (C=O) groups excluding carboxylic acids is 2. The van der Waals surface area contributed by atoms with Gasteiger partial charge in [-0.3, -0.25) is 19.3 Å². The molecule has 0 saturated heterocycles. The van der Waals surface area contributed by atoms with E-state index in [1.807, 2.05) is 14.0 Å². The van der Waals surface area contributed by atoms with Crippen LogP contribution in [-0.4, -0.2) is 66.4 Å². The molecular formula is C14H27N3O4. The van der Waals surface area contributed by atoms with Crippen LogP contribution in [0, 0.1) is 0 Å². The highest BCUT2D eigenvalue weighted by Crippen LogP contribution is 2.03. The molecule has 0 heterocycles. The SMILES string of the molecule is CCN(CC(=O)O)CC(=O)NC(CCC(C)NC)C(C)=O. The number of nitrogens with zero attached hydrogens (tertiary/aromatic N) is 1. The van der Waals surface area contributed by atoms with Gasteiger partial charge in [-0.2, -0.15) is 0 Å². The van der Waals surface area contributed by atoms with E-state index in [0.29, 0.717) is 13.0 Å². The minimum absolute atomic E-state index is 0.0197. The Morgan fingerprint density at radius 3 is 2.24 bits per heavy atom. The summed E-state index contributed by atoms with van der Waals surface area (Å²) in [5.41, 5.74) is 0. The van der Waals surface area contributed by atoms with Gasteiger partial charge in [-0.25, -0.2) is 0 Å². The van der Waals surface area contributed by atoms with Crippen molar-refractivity contribution in [2.24, 2.45) is 0 Å². The molecule has 0 aromatic carbocycles. The van der Waals surface area contributed by atoms with Gasteiger partial charge in [-0.1, -0.05) is 6.92 Å². The number of aliphatic carboxylic acids is 1. The summed E-state index contributed by atoms with van der Waals surface area (Å²) >= 11 is 0. The minimum Gasteiger partial charge on any atom is -0.480 e. The van der Waals surface area contributed by atoms with Crippen molar-refractivity contribution in [3.8, 4) is 0 Å². The molecule has 122 valence electrons. The first-order valence-corrected chi connectivity index (χ1v) is 7.21. The first-order chi connectivity index (χ1) is 9.79. The fourth-order valence-electron chi connectivity index (χ4n) is 1.85. The standard InChI is InChI=1S/C14H27N3O4/c1-5-17(9-14(20)21)8-13(19)16-12(11(3)18)7-6-10(2)15-4/h10,12,15H,5-9H2,1-4H3,(H,16,19)(H,20,21). The number of carbonyl (C=O) groups is 3. The molecule has 0 aromatic heterocycles. The molecule has 7 heteroatoms. The quantitative estimate of drug-likeness (QED) is 0.491. The van der Waals surface area contributed by atoms with E-state index in [4.69, 9.17) is 5.11 Å². The number of likely N-dealkylation sites (N-methyl/N-ethyl adjacent to an activating group) is 1. The van der Waals surface area contributed by atoms with E-state index in [2.05, 4.69) is 10.6 Å². The van der Waals surface area contributed by atoms with Gasteiger partial charge in [0.25, 0.3) is 0 Å². The molecule has 0 saturated carbocycles. The lowest BCUT2D eigenvalue weighted by atomic mass is 10.0. The Hall–Kier alpha value is -1.47. The van der Waals surface area contributed by atoms with E-state index in [1.165, 1.54) is 11.8 Å². The number of ketones is 1. The van der Waals surface area contributed by atoms with Crippen molar-refractivity contribution in [1.82, 2.24) is 15.5 Å². The van der Waals surface area contributed by atoms with Gasteiger partial charge in [-0.15, -0.1) is 0 Å². The molecule has 0 bridgehead atoms. The van der Waals surface area contributed by atoms with Crippen LogP contribution < -0.4 is 10.6 Å². The maximum absolute atomic E-state index is 11.9. The number of rotatable bonds is 11. The van der Waals surface area contributed by atoms with Gasteiger partial charge in [0.05, 0.1) is 19.1 Å². The molecule has 0 rings (SSSR count). The van der Waals surface area contributed by atoms with Crippen LogP contribution in [0.2, 0.25) is 0 Å². The lowest BCUT2D eigenvalue weighted by Gasteiger charge is -2.21. The zero-order valence-corrected chi connectivity index (χ0v) is 13.3. The fourth-order valence-corrected chi connectivity index (χ4v) is 1.85. The van der Waals surface area contributed by atoms with Crippen LogP contribution in [0.25, 0.3) is 0 Å². The van der Waals surface area contributed by atoms with E-state index in [-0.39, 0.29) is 30.8 Å². The lowest BCUT2D eigenvalue weighted by molar-refractivity contribution is -0.139. The van der Waals surface area contributed by atoms with Crippen LogP contribution >= 0.6 is 0 Å². The molecule has 0 aliphatic carbocycles. The van der Waals surface area contributed by atoms with Crippen LogP contribution in [0.5, 0.6) is 0 Å². The monoisotopic (exact) mass is 301 g/mol. The molecule has 0 fully saturated rings. The van der Waals surface area contributed by atoms with Crippen LogP contribution in [0.15, 0.2) is 0 Å². The molecule has 7 nitrogen and oxygen atoms in total. The number of nitrogens with one attached hydrogen (secondary N) is 2. The number of hydrogen-bond donors (Lipinski definition) is 3. The third kappa shape index (κ3) is 9.14. The van der Waals surface area contributed by atoms with Crippen molar-refractivity contribution >= 4 is 17.7 Å². The Morgan fingerprint density at radius 1 is 1.19 bits per heavy atom. The normalized spacial score (nSPS) is 13.8. The summed E-state index contributed by atoms with van der Waals surface area (Å²) in [6.45, 7) is 5.49. The summed E-state index contributed by atoms with van der Waals surface area (Å²) in [4.78, 5) is 35.6. The number of amides is 1. The predicted molar refractivity (Wildman–Crippen MR) is 80.1 cm³/mol. The molecule has 0 aliphatic rings. The summed E-state index contributed by atoms with van der Waals surface area (Å²) in [6.07, 6.45) is 1.34. The Morgan fingerprint density at radius 2 is 1.81 bits per heavy atom. The van der Waals surface area contributed by atoms with E-state index < -0.39 is 12.0 Å². The second kappa shape index (κ2) is 10.3. The van der Waals surface area contributed by atoms with Gasteiger partial charge in [0.2, 0.25) is 5.91 Å². The Kier molecular flexibility index (Phi) is 9.56. The highest BCUT2D eigenvalue weighted by atomic mass is 16.4. The number of hydrogen-bond acceptors (Lipinski definition) is 5. The van der Waals surface area contributed by atoms with Gasteiger partial charge >= 0.3 is 5.97 Å². The van der Waals surface area contributed by atoms with Gasteiger partial charge in [0.15, 0.2) is 5.78 Å². The highest BCUT2D eigenvalue weighted by molar-refractivity contribution is 5.88. The topological polar surface area (TPSA) is 98.7 Å². The third-order valence-corrected chi connectivity index (χ3v) is 3.38. The molecule has 1 amide bonds. The van der Waals surface area contributed by atoms with Gasteiger partial charge in [-0.05, 0) is 40.3 Å². The van der Waals surface area contributed by atoms with Gasteiger partial charge < -0.3 is 15.7 Å². The molecule has 3 N–H and O–H groups in total. The Balaban J connectivity index is 4.39. The largest absolute Gasteiger partial charge is 0.480 e. The van der Waals surface area contributed by atoms with Crippen molar-refractivity contribution in [2.75, 3.05) is 26.7 Å². The summed E-state index contributed by atoms with van der Waals surface area (Å²) in [6, 6.07) is -0.250. The molecule has 2 unspecified atom stereocenters. The number of Topliss-reactive ketones (excluding diaryl/α,β-unsaturated/α-hetero) is 1. The van der Waals surface area contributed by atoms with Gasteiger partial charge in [0, 0.05) is 6.04 Å². The average molecular weight is 301 g/mol. The van der Waals surface area contributed by atoms with Crippen molar-refractivity contribution in [3.05, 3.63) is 0 Å². The van der Waals surface area contributed by atoms with Crippen LogP contribution in [-0.2, 0) is 14.4 Å².